The van der Waals surface area contributed by atoms with Gasteiger partial charge in [0.1, 0.15) is 11.6 Å². The van der Waals surface area contributed by atoms with Gasteiger partial charge in [0.15, 0.2) is 17.3 Å². The van der Waals surface area contributed by atoms with E-state index >= 15 is 0 Å². The average molecular weight is 381 g/mol. The van der Waals surface area contributed by atoms with Gasteiger partial charge in [0, 0.05) is 12.0 Å². The third kappa shape index (κ3) is 3.86. The Morgan fingerprint density at radius 1 is 1.00 bits per heavy atom. The van der Waals surface area contributed by atoms with Gasteiger partial charge in [-0.2, -0.15) is 0 Å². The predicted octanol–water partition coefficient (Wildman–Crippen LogP) is 4.74. The second-order valence-electron chi connectivity index (χ2n) is 6.62. The van der Waals surface area contributed by atoms with Gasteiger partial charge in [-0.25, -0.2) is 4.39 Å². The monoisotopic (exact) mass is 381 g/mol. The molecule has 1 N–H and O–H groups in total. The van der Waals surface area contributed by atoms with E-state index in [4.69, 9.17) is 13.9 Å². The molecule has 2 aromatic carbocycles. The molecular formula is C22H20FNO4. The zero-order chi connectivity index (χ0) is 19.5. The van der Waals surface area contributed by atoms with Gasteiger partial charge in [-0.1, -0.05) is 6.07 Å². The van der Waals surface area contributed by atoms with Crippen LogP contribution in [0.1, 0.15) is 35.5 Å². The van der Waals surface area contributed by atoms with Crippen molar-refractivity contribution in [2.75, 3.05) is 13.2 Å². The summed E-state index contributed by atoms with van der Waals surface area (Å²) in [7, 11) is 0. The van der Waals surface area contributed by atoms with Crippen molar-refractivity contribution in [1.29, 1.82) is 0 Å². The maximum atomic E-state index is 13.1. The highest BCUT2D eigenvalue weighted by atomic mass is 19.1. The highest BCUT2D eigenvalue weighted by Crippen LogP contribution is 2.32. The number of carbonyl (C=O) groups excluding carboxylic acids is 1. The van der Waals surface area contributed by atoms with E-state index in [0.29, 0.717) is 30.3 Å². The number of fused-ring (bicyclic) bond motifs is 1. The van der Waals surface area contributed by atoms with Crippen LogP contribution in [-0.4, -0.2) is 19.1 Å². The van der Waals surface area contributed by atoms with Gasteiger partial charge >= 0.3 is 0 Å². The molecule has 0 bridgehead atoms. The number of hydrogen-bond acceptors (Lipinski definition) is 4. The Kier molecular flexibility index (Phi) is 5.02. The largest absolute Gasteiger partial charge is 0.490 e. The lowest BCUT2D eigenvalue weighted by atomic mass is 10.1. The summed E-state index contributed by atoms with van der Waals surface area (Å²) in [4.78, 5) is 12.6. The van der Waals surface area contributed by atoms with E-state index in [-0.39, 0.29) is 23.5 Å². The van der Waals surface area contributed by atoms with Crippen LogP contribution in [0.2, 0.25) is 0 Å². The lowest BCUT2D eigenvalue weighted by molar-refractivity contribution is 0.0912. The highest BCUT2D eigenvalue weighted by Gasteiger charge is 2.18. The summed E-state index contributed by atoms with van der Waals surface area (Å²) < 4.78 is 30.0. The fourth-order valence-electron chi connectivity index (χ4n) is 3.03. The fraction of sp³-hybridized carbons (Fsp3) is 0.227. The highest BCUT2D eigenvalue weighted by molar-refractivity contribution is 5.92. The van der Waals surface area contributed by atoms with Crippen molar-refractivity contribution in [1.82, 2.24) is 5.32 Å². The van der Waals surface area contributed by atoms with E-state index in [1.54, 1.807) is 24.3 Å². The third-order valence-electron chi connectivity index (χ3n) is 4.58. The third-order valence-corrected chi connectivity index (χ3v) is 4.58. The van der Waals surface area contributed by atoms with Crippen LogP contribution in [0.4, 0.5) is 4.39 Å². The predicted molar refractivity (Wildman–Crippen MR) is 102 cm³/mol. The molecule has 3 aromatic rings. The summed E-state index contributed by atoms with van der Waals surface area (Å²) >= 11 is 0. The maximum Gasteiger partial charge on any atom is 0.287 e. The Morgan fingerprint density at radius 3 is 2.54 bits per heavy atom. The van der Waals surface area contributed by atoms with Crippen molar-refractivity contribution in [3.8, 4) is 22.8 Å². The number of benzene rings is 2. The molecular weight excluding hydrogens is 361 g/mol. The van der Waals surface area contributed by atoms with Crippen LogP contribution in [-0.2, 0) is 0 Å². The first-order valence-electron chi connectivity index (χ1n) is 9.16. The average Bonchev–Trinajstić information content (AvgIpc) is 3.07. The molecule has 0 saturated carbocycles. The fourth-order valence-corrected chi connectivity index (χ4v) is 3.03. The van der Waals surface area contributed by atoms with Crippen molar-refractivity contribution >= 4 is 5.91 Å². The zero-order valence-corrected chi connectivity index (χ0v) is 15.4. The zero-order valence-electron chi connectivity index (χ0n) is 15.4. The molecule has 1 aliphatic rings. The molecule has 0 fully saturated rings. The smallest absolute Gasteiger partial charge is 0.287 e. The first-order valence-corrected chi connectivity index (χ1v) is 9.16. The van der Waals surface area contributed by atoms with Gasteiger partial charge in [-0.05, 0) is 61.0 Å². The Morgan fingerprint density at radius 2 is 1.75 bits per heavy atom. The number of ether oxygens (including phenoxy) is 2. The van der Waals surface area contributed by atoms with E-state index in [9.17, 15) is 9.18 Å². The number of furan rings is 1. The molecule has 1 aromatic heterocycles. The number of hydrogen-bond donors (Lipinski definition) is 1. The van der Waals surface area contributed by atoms with Crippen LogP contribution in [0.5, 0.6) is 11.5 Å². The Labute approximate surface area is 162 Å². The van der Waals surface area contributed by atoms with Crippen molar-refractivity contribution in [3.63, 3.8) is 0 Å². The van der Waals surface area contributed by atoms with Crippen molar-refractivity contribution in [3.05, 3.63) is 71.7 Å². The molecule has 28 heavy (non-hydrogen) atoms. The summed E-state index contributed by atoms with van der Waals surface area (Å²) in [5.74, 6) is 1.46. The second kappa shape index (κ2) is 7.76. The first kappa shape index (κ1) is 18.1. The standard InChI is InChI=1S/C22H20FNO4/c1-14(16-5-8-19-21(13-16)27-12-2-11-26-19)24-22(25)20-10-9-18(28-20)15-3-6-17(23)7-4-15/h3-10,13-14H,2,11-12H2,1H3,(H,24,25). The molecule has 1 aliphatic heterocycles. The normalized spacial score (nSPS) is 14.2. The minimum atomic E-state index is -0.326. The van der Waals surface area contributed by atoms with Crippen molar-refractivity contribution in [2.24, 2.45) is 0 Å². The minimum Gasteiger partial charge on any atom is -0.490 e. The van der Waals surface area contributed by atoms with Crippen molar-refractivity contribution < 1.29 is 23.1 Å². The van der Waals surface area contributed by atoms with Gasteiger partial charge in [0.2, 0.25) is 0 Å². The molecule has 0 saturated heterocycles. The van der Waals surface area contributed by atoms with Crippen LogP contribution in [0, 0.1) is 5.82 Å². The molecule has 0 aliphatic carbocycles. The lowest BCUT2D eigenvalue weighted by Crippen LogP contribution is -2.26. The molecule has 144 valence electrons. The van der Waals surface area contributed by atoms with Gasteiger partial charge in [0.05, 0.1) is 19.3 Å². The second-order valence-corrected chi connectivity index (χ2v) is 6.62. The SMILES string of the molecule is CC(NC(=O)c1ccc(-c2ccc(F)cc2)o1)c1ccc2c(c1)OCCCO2. The molecule has 6 heteroatoms. The molecule has 0 radical (unpaired) electrons. The van der Waals surface area contributed by atoms with Crippen molar-refractivity contribution in [2.45, 2.75) is 19.4 Å². The van der Waals surface area contributed by atoms with Crippen LogP contribution < -0.4 is 14.8 Å². The van der Waals surface area contributed by atoms with E-state index in [1.807, 2.05) is 25.1 Å². The molecule has 1 atom stereocenters. The number of nitrogens with one attached hydrogen (secondary N) is 1. The Balaban J connectivity index is 1.46. The van der Waals surface area contributed by atoms with E-state index in [0.717, 1.165) is 17.7 Å². The summed E-state index contributed by atoms with van der Waals surface area (Å²) in [6.07, 6.45) is 0.838. The molecule has 1 amide bonds. The topological polar surface area (TPSA) is 60.7 Å². The summed E-state index contributed by atoms with van der Waals surface area (Å²) in [6.45, 7) is 3.13. The number of halogens is 1. The van der Waals surface area contributed by atoms with Crippen LogP contribution in [0.3, 0.4) is 0 Å². The van der Waals surface area contributed by atoms with Gasteiger partial charge in [0.25, 0.3) is 5.91 Å². The molecule has 2 heterocycles. The molecule has 5 nitrogen and oxygen atoms in total. The van der Waals surface area contributed by atoms with E-state index in [2.05, 4.69) is 5.32 Å². The van der Waals surface area contributed by atoms with Gasteiger partial charge in [-0.15, -0.1) is 0 Å². The maximum absolute atomic E-state index is 13.1. The number of rotatable bonds is 4. The minimum absolute atomic E-state index is 0.195. The number of carbonyl (C=O) groups is 1. The summed E-state index contributed by atoms with van der Waals surface area (Å²) in [5.41, 5.74) is 1.61. The molecule has 0 spiro atoms. The van der Waals surface area contributed by atoms with Crippen LogP contribution >= 0.6 is 0 Å². The lowest BCUT2D eigenvalue weighted by Gasteiger charge is -2.16. The summed E-state index contributed by atoms with van der Waals surface area (Å²) in [5, 5.41) is 2.92. The van der Waals surface area contributed by atoms with Gasteiger partial charge in [-0.3, -0.25) is 4.79 Å². The number of amides is 1. The van der Waals surface area contributed by atoms with E-state index < -0.39 is 0 Å². The van der Waals surface area contributed by atoms with E-state index in [1.165, 1.54) is 12.1 Å². The van der Waals surface area contributed by atoms with Crippen LogP contribution in [0.25, 0.3) is 11.3 Å². The van der Waals surface area contributed by atoms with Crippen LogP contribution in [0.15, 0.2) is 59.0 Å². The Hall–Kier alpha value is -3.28. The Bertz CT molecular complexity index is 980. The summed E-state index contributed by atoms with van der Waals surface area (Å²) in [6, 6.07) is 14.6. The molecule has 1 unspecified atom stereocenters. The first-order chi connectivity index (χ1) is 13.6. The van der Waals surface area contributed by atoms with Gasteiger partial charge < -0.3 is 19.2 Å². The quantitative estimate of drug-likeness (QED) is 0.709. The molecule has 4 rings (SSSR count).